The van der Waals surface area contributed by atoms with Crippen molar-refractivity contribution in [3.63, 3.8) is 0 Å². The van der Waals surface area contributed by atoms with Crippen molar-refractivity contribution in [1.29, 1.82) is 0 Å². The van der Waals surface area contributed by atoms with E-state index < -0.39 is 0 Å². The molecular weight excluding hydrogens is 236 g/mol. The van der Waals surface area contributed by atoms with Crippen molar-refractivity contribution in [1.82, 2.24) is 0 Å². The topological polar surface area (TPSA) is 37.3 Å². The van der Waals surface area contributed by atoms with E-state index in [1.807, 2.05) is 6.92 Å². The fourth-order valence-corrected chi connectivity index (χ4v) is 5.44. The molecule has 100 valence electrons. The smallest absolute Gasteiger partial charge is 0.153 e. The lowest BCUT2D eigenvalue weighted by Gasteiger charge is -2.39. The Morgan fingerprint density at radius 3 is 2.47 bits per heavy atom. The molecule has 19 heavy (non-hydrogen) atoms. The zero-order valence-electron chi connectivity index (χ0n) is 11.4. The fourth-order valence-electron chi connectivity index (χ4n) is 5.44. The zero-order chi connectivity index (χ0) is 13.2. The lowest BCUT2D eigenvalue weighted by atomic mass is 9.65. The van der Waals surface area contributed by atoms with Gasteiger partial charge in [-0.3, -0.25) is 4.79 Å². The van der Waals surface area contributed by atoms with Gasteiger partial charge in [-0.25, -0.2) is 0 Å². The molecule has 4 fully saturated rings. The largest absolute Gasteiger partial charge is 0.507 e. The fraction of sp³-hybridized carbons (Fsp3) is 0.588. The molecule has 4 aliphatic carbocycles. The van der Waals surface area contributed by atoms with Crippen LogP contribution in [0.2, 0.25) is 0 Å². The van der Waals surface area contributed by atoms with Crippen LogP contribution in [0, 0.1) is 24.7 Å². The highest BCUT2D eigenvalue weighted by atomic mass is 16.3. The van der Waals surface area contributed by atoms with Crippen LogP contribution < -0.4 is 0 Å². The minimum atomic E-state index is 0.171. The van der Waals surface area contributed by atoms with Gasteiger partial charge < -0.3 is 5.11 Å². The Kier molecular flexibility index (Phi) is 2.19. The van der Waals surface area contributed by atoms with Crippen LogP contribution >= 0.6 is 0 Å². The summed E-state index contributed by atoms with van der Waals surface area (Å²) in [6, 6.07) is 3.91. The van der Waals surface area contributed by atoms with Crippen LogP contribution in [0.25, 0.3) is 0 Å². The summed E-state index contributed by atoms with van der Waals surface area (Å²) >= 11 is 0. The monoisotopic (exact) mass is 256 g/mol. The average Bonchev–Trinajstić information content (AvgIpc) is 2.80. The van der Waals surface area contributed by atoms with Crippen molar-refractivity contribution in [2.45, 2.75) is 44.4 Å². The average molecular weight is 256 g/mol. The zero-order valence-corrected chi connectivity index (χ0v) is 11.4. The summed E-state index contributed by atoms with van der Waals surface area (Å²) in [6.45, 7) is 2.02. The van der Waals surface area contributed by atoms with Crippen LogP contribution in [0.5, 0.6) is 5.75 Å². The number of aryl methyl sites for hydroxylation is 1. The summed E-state index contributed by atoms with van der Waals surface area (Å²) in [5.74, 6) is 2.86. The van der Waals surface area contributed by atoms with Gasteiger partial charge in [0.15, 0.2) is 6.29 Å². The van der Waals surface area contributed by atoms with E-state index in [-0.39, 0.29) is 11.2 Å². The summed E-state index contributed by atoms with van der Waals surface area (Å²) in [5, 5.41) is 10.5. The van der Waals surface area contributed by atoms with Gasteiger partial charge in [-0.15, -0.1) is 0 Å². The third kappa shape index (κ3) is 1.46. The third-order valence-electron chi connectivity index (χ3n) is 5.91. The van der Waals surface area contributed by atoms with E-state index in [1.165, 1.54) is 32.1 Å². The summed E-state index contributed by atoms with van der Waals surface area (Å²) in [4.78, 5) is 11.1. The normalized spacial score (nSPS) is 38.9. The van der Waals surface area contributed by atoms with Crippen LogP contribution in [0.4, 0.5) is 0 Å². The number of benzene rings is 1. The molecule has 4 bridgehead atoms. The second kappa shape index (κ2) is 3.62. The first-order valence-electron chi connectivity index (χ1n) is 7.40. The minimum Gasteiger partial charge on any atom is -0.507 e. The molecule has 0 saturated heterocycles. The quantitative estimate of drug-likeness (QED) is 0.821. The van der Waals surface area contributed by atoms with Crippen molar-refractivity contribution >= 4 is 6.29 Å². The number of carbonyl (C=O) groups excluding carboxylic acids is 1. The Morgan fingerprint density at radius 1 is 1.21 bits per heavy atom. The van der Waals surface area contributed by atoms with E-state index in [1.54, 1.807) is 6.07 Å². The Morgan fingerprint density at radius 2 is 1.89 bits per heavy atom. The SMILES string of the molecule is Cc1cc(C=O)c(O)c(C23CC4CC(C2)C(C4)C3)c1. The summed E-state index contributed by atoms with van der Waals surface area (Å²) in [6.07, 6.45) is 7.26. The van der Waals surface area contributed by atoms with Crippen LogP contribution in [-0.2, 0) is 5.41 Å². The molecule has 0 amide bonds. The lowest BCUT2D eigenvalue weighted by Crippen LogP contribution is -2.31. The number of aromatic hydroxyl groups is 1. The number of carbonyl (C=O) groups is 1. The highest BCUT2D eigenvalue weighted by Crippen LogP contribution is 2.65. The molecule has 0 spiro atoms. The maximum absolute atomic E-state index is 11.1. The first-order chi connectivity index (χ1) is 9.11. The van der Waals surface area contributed by atoms with E-state index >= 15 is 0 Å². The van der Waals surface area contributed by atoms with Crippen molar-refractivity contribution in [3.05, 3.63) is 28.8 Å². The summed E-state index contributed by atoms with van der Waals surface area (Å²) in [5.41, 5.74) is 2.79. The van der Waals surface area contributed by atoms with Gasteiger partial charge in [-0.05, 0) is 73.8 Å². The number of rotatable bonds is 2. The molecule has 5 rings (SSSR count). The van der Waals surface area contributed by atoms with E-state index in [2.05, 4.69) is 6.07 Å². The van der Waals surface area contributed by atoms with Crippen molar-refractivity contribution in [2.24, 2.45) is 17.8 Å². The second-order valence-corrected chi connectivity index (χ2v) is 7.12. The van der Waals surface area contributed by atoms with Gasteiger partial charge in [0.1, 0.15) is 5.75 Å². The molecule has 0 aliphatic heterocycles. The van der Waals surface area contributed by atoms with Crippen molar-refractivity contribution in [2.75, 3.05) is 0 Å². The first-order valence-corrected chi connectivity index (χ1v) is 7.40. The van der Waals surface area contributed by atoms with Gasteiger partial charge in [0, 0.05) is 5.56 Å². The maximum atomic E-state index is 11.1. The Bertz CT molecular complexity index is 541. The molecule has 2 atom stereocenters. The molecule has 1 aromatic rings. The van der Waals surface area contributed by atoms with Gasteiger partial charge in [0.05, 0.1) is 5.56 Å². The highest BCUT2D eigenvalue weighted by molar-refractivity contribution is 5.81. The second-order valence-electron chi connectivity index (χ2n) is 7.12. The van der Waals surface area contributed by atoms with Crippen molar-refractivity contribution < 1.29 is 9.90 Å². The molecule has 2 nitrogen and oxygen atoms in total. The molecule has 2 heteroatoms. The number of hydrogen-bond donors (Lipinski definition) is 1. The van der Waals surface area contributed by atoms with Crippen LogP contribution in [0.3, 0.4) is 0 Å². The molecule has 4 saturated carbocycles. The Balaban J connectivity index is 1.85. The predicted molar refractivity (Wildman–Crippen MR) is 73.5 cm³/mol. The van der Waals surface area contributed by atoms with Gasteiger partial charge in [0.25, 0.3) is 0 Å². The number of aldehydes is 1. The first kappa shape index (κ1) is 11.5. The number of phenolic OH excluding ortho intramolecular Hbond substituents is 1. The van der Waals surface area contributed by atoms with E-state index in [0.717, 1.165) is 35.2 Å². The maximum Gasteiger partial charge on any atom is 0.153 e. The molecule has 1 N–H and O–H groups in total. The van der Waals surface area contributed by atoms with E-state index in [9.17, 15) is 9.90 Å². The summed E-state index contributed by atoms with van der Waals surface area (Å²) < 4.78 is 0. The van der Waals surface area contributed by atoms with Gasteiger partial charge in [-0.1, -0.05) is 6.07 Å². The molecule has 4 aliphatic rings. The standard InChI is InChI=1S/C17H20O2/c1-10-2-14(9-18)16(19)15(3-10)17-6-11-4-12(7-17)13(5-11)8-17/h2-3,9,11-13,19H,4-8H2,1H3. The van der Waals surface area contributed by atoms with Crippen LogP contribution in [0.1, 0.15) is 53.6 Å². The Labute approximate surface area is 113 Å². The lowest BCUT2D eigenvalue weighted by molar-refractivity contribution is 0.112. The third-order valence-corrected chi connectivity index (χ3v) is 5.91. The van der Waals surface area contributed by atoms with E-state index in [0.29, 0.717) is 5.56 Å². The molecule has 0 heterocycles. The van der Waals surface area contributed by atoms with Crippen LogP contribution in [-0.4, -0.2) is 11.4 Å². The molecule has 1 aromatic carbocycles. The van der Waals surface area contributed by atoms with Gasteiger partial charge in [0.2, 0.25) is 0 Å². The molecular formula is C17H20O2. The molecule has 0 aromatic heterocycles. The number of phenols is 1. The minimum absolute atomic E-state index is 0.171. The Hall–Kier alpha value is -1.31. The van der Waals surface area contributed by atoms with E-state index in [4.69, 9.17) is 0 Å². The number of hydrogen-bond acceptors (Lipinski definition) is 2. The predicted octanol–water partition coefficient (Wildman–Crippen LogP) is 3.59. The highest BCUT2D eigenvalue weighted by Gasteiger charge is 2.57. The van der Waals surface area contributed by atoms with Gasteiger partial charge in [-0.2, -0.15) is 0 Å². The van der Waals surface area contributed by atoms with Gasteiger partial charge >= 0.3 is 0 Å². The molecule has 2 unspecified atom stereocenters. The molecule has 0 radical (unpaired) electrons. The van der Waals surface area contributed by atoms with Crippen LogP contribution in [0.15, 0.2) is 12.1 Å². The van der Waals surface area contributed by atoms with Crippen molar-refractivity contribution in [3.8, 4) is 5.75 Å². The summed E-state index contributed by atoms with van der Waals surface area (Å²) in [7, 11) is 0.